The third-order valence-corrected chi connectivity index (χ3v) is 5.05. The Labute approximate surface area is 174 Å². The lowest BCUT2D eigenvalue weighted by atomic mass is 9.96. The van der Waals surface area contributed by atoms with Gasteiger partial charge in [0, 0.05) is 26.2 Å². The van der Waals surface area contributed by atoms with Crippen LogP contribution in [0.5, 0.6) is 0 Å². The fraction of sp³-hybridized carbons (Fsp3) is 0.318. The van der Waals surface area contributed by atoms with E-state index >= 15 is 0 Å². The Bertz CT molecular complexity index is 856. The standard InChI is InChI=1S/C22H24F2N4O2/c23-19-7-3-17(4-8-19)21(18-5-9-20(24)10-6-18)27-15-13-26(14-16-27)11-1-2-12-28(30)22(25)29/h3-10,21,30H,11-16H2,(H2,25,29). The number of urea groups is 1. The van der Waals surface area contributed by atoms with Gasteiger partial charge in [0.05, 0.1) is 12.6 Å². The number of hydrogen-bond acceptors (Lipinski definition) is 4. The van der Waals surface area contributed by atoms with E-state index in [4.69, 9.17) is 5.73 Å². The Morgan fingerprint density at radius 3 is 1.93 bits per heavy atom. The molecule has 0 saturated carbocycles. The van der Waals surface area contributed by atoms with Crippen LogP contribution in [-0.2, 0) is 0 Å². The smallest absolute Gasteiger partial charge is 0.339 e. The molecule has 1 aliphatic rings. The maximum absolute atomic E-state index is 13.4. The monoisotopic (exact) mass is 414 g/mol. The third-order valence-electron chi connectivity index (χ3n) is 5.05. The molecule has 1 fully saturated rings. The van der Waals surface area contributed by atoms with Gasteiger partial charge in [0.2, 0.25) is 0 Å². The lowest BCUT2D eigenvalue weighted by molar-refractivity contribution is -0.0269. The van der Waals surface area contributed by atoms with Gasteiger partial charge in [0.1, 0.15) is 18.2 Å². The normalized spacial score (nSPS) is 14.9. The minimum absolute atomic E-state index is 0.0991. The zero-order chi connectivity index (χ0) is 21.5. The van der Waals surface area contributed by atoms with Gasteiger partial charge in [-0.1, -0.05) is 36.1 Å². The molecule has 2 aromatic rings. The number of primary amides is 1. The highest BCUT2D eigenvalue weighted by molar-refractivity contribution is 5.70. The minimum atomic E-state index is -0.939. The van der Waals surface area contributed by atoms with Crippen molar-refractivity contribution >= 4 is 6.03 Å². The number of rotatable bonds is 5. The van der Waals surface area contributed by atoms with E-state index in [2.05, 4.69) is 21.6 Å². The van der Waals surface area contributed by atoms with Crippen molar-refractivity contribution in [1.82, 2.24) is 14.9 Å². The number of carbonyl (C=O) groups is 1. The van der Waals surface area contributed by atoms with Gasteiger partial charge in [-0.3, -0.25) is 15.0 Å². The van der Waals surface area contributed by atoms with E-state index in [0.29, 0.717) is 11.6 Å². The second-order valence-corrected chi connectivity index (χ2v) is 7.07. The molecule has 0 bridgehead atoms. The zero-order valence-electron chi connectivity index (χ0n) is 16.5. The van der Waals surface area contributed by atoms with E-state index in [9.17, 15) is 18.8 Å². The Balaban J connectivity index is 1.65. The number of benzene rings is 2. The van der Waals surface area contributed by atoms with Gasteiger partial charge in [0.15, 0.2) is 0 Å². The molecular weight excluding hydrogens is 390 g/mol. The molecule has 3 N–H and O–H groups in total. The summed E-state index contributed by atoms with van der Waals surface area (Å²) in [4.78, 5) is 15.2. The van der Waals surface area contributed by atoms with Crippen LogP contribution in [-0.4, -0.2) is 65.4 Å². The summed E-state index contributed by atoms with van der Waals surface area (Å²) in [6.07, 6.45) is 0. The molecule has 3 rings (SSSR count). The van der Waals surface area contributed by atoms with Gasteiger partial charge < -0.3 is 5.73 Å². The van der Waals surface area contributed by atoms with Crippen LogP contribution in [0.2, 0.25) is 0 Å². The van der Waals surface area contributed by atoms with Crippen LogP contribution in [0.3, 0.4) is 0 Å². The number of nitrogens with zero attached hydrogens (tertiary/aromatic N) is 3. The Morgan fingerprint density at radius 1 is 0.967 bits per heavy atom. The largest absolute Gasteiger partial charge is 0.350 e. The average Bonchev–Trinajstić information content (AvgIpc) is 2.75. The summed E-state index contributed by atoms with van der Waals surface area (Å²) in [5, 5.41) is 9.56. The predicted octanol–water partition coefficient (Wildman–Crippen LogP) is 2.45. The first-order valence-electron chi connectivity index (χ1n) is 9.63. The fourth-order valence-electron chi connectivity index (χ4n) is 3.46. The highest BCUT2D eigenvalue weighted by Crippen LogP contribution is 2.30. The van der Waals surface area contributed by atoms with Gasteiger partial charge in [-0.2, -0.15) is 5.06 Å². The highest BCUT2D eigenvalue weighted by Gasteiger charge is 2.26. The second kappa shape index (κ2) is 10.2. The van der Waals surface area contributed by atoms with Crippen LogP contribution >= 0.6 is 0 Å². The summed E-state index contributed by atoms with van der Waals surface area (Å²) >= 11 is 0. The summed E-state index contributed by atoms with van der Waals surface area (Å²) < 4.78 is 26.8. The third kappa shape index (κ3) is 5.76. The first-order chi connectivity index (χ1) is 14.4. The van der Waals surface area contributed by atoms with Crippen LogP contribution in [0.1, 0.15) is 17.2 Å². The second-order valence-electron chi connectivity index (χ2n) is 7.07. The molecule has 8 heteroatoms. The molecule has 0 atom stereocenters. The molecule has 1 heterocycles. The number of carbonyl (C=O) groups excluding carboxylic acids is 1. The number of piperazine rings is 1. The van der Waals surface area contributed by atoms with Crippen molar-refractivity contribution in [2.24, 2.45) is 5.73 Å². The van der Waals surface area contributed by atoms with Crippen molar-refractivity contribution in [3.05, 3.63) is 71.3 Å². The van der Waals surface area contributed by atoms with Crippen molar-refractivity contribution in [3.63, 3.8) is 0 Å². The van der Waals surface area contributed by atoms with Crippen LogP contribution in [0.15, 0.2) is 48.5 Å². The van der Waals surface area contributed by atoms with Crippen LogP contribution in [0.25, 0.3) is 0 Å². The predicted molar refractivity (Wildman–Crippen MR) is 109 cm³/mol. The molecule has 2 aromatic carbocycles. The van der Waals surface area contributed by atoms with Gasteiger partial charge in [-0.15, -0.1) is 0 Å². The van der Waals surface area contributed by atoms with E-state index in [0.717, 1.165) is 37.3 Å². The molecule has 1 saturated heterocycles. The zero-order valence-corrected chi connectivity index (χ0v) is 16.5. The summed E-state index contributed by atoms with van der Waals surface area (Å²) in [6.45, 7) is 3.44. The Morgan fingerprint density at radius 2 is 1.47 bits per heavy atom. The molecule has 0 spiro atoms. The number of hydroxylamine groups is 2. The highest BCUT2D eigenvalue weighted by atomic mass is 19.1. The summed E-state index contributed by atoms with van der Waals surface area (Å²) in [5.41, 5.74) is 6.83. The maximum atomic E-state index is 13.4. The van der Waals surface area contributed by atoms with Crippen LogP contribution in [0, 0.1) is 23.5 Å². The van der Waals surface area contributed by atoms with Crippen molar-refractivity contribution in [2.75, 3.05) is 39.3 Å². The first kappa shape index (κ1) is 21.7. The molecule has 0 unspecified atom stereocenters. The summed E-state index contributed by atoms with van der Waals surface area (Å²) in [7, 11) is 0. The van der Waals surface area contributed by atoms with Crippen molar-refractivity contribution < 1.29 is 18.8 Å². The quantitative estimate of drug-likeness (QED) is 0.448. The average molecular weight is 414 g/mol. The number of amides is 2. The van der Waals surface area contributed by atoms with Gasteiger partial charge >= 0.3 is 6.03 Å². The minimum Gasteiger partial charge on any atom is -0.350 e. The summed E-state index contributed by atoms with van der Waals surface area (Å²) in [6, 6.07) is 11.8. The number of hydrogen-bond donors (Lipinski definition) is 2. The molecule has 0 radical (unpaired) electrons. The van der Waals surface area contributed by atoms with Crippen molar-refractivity contribution in [2.45, 2.75) is 6.04 Å². The molecule has 0 aromatic heterocycles. The topological polar surface area (TPSA) is 73.0 Å². The Kier molecular flexibility index (Phi) is 7.36. The van der Waals surface area contributed by atoms with Crippen molar-refractivity contribution in [1.29, 1.82) is 0 Å². The number of nitrogens with two attached hydrogens (primary N) is 1. The van der Waals surface area contributed by atoms with E-state index in [-0.39, 0.29) is 24.2 Å². The maximum Gasteiger partial charge on any atom is 0.339 e. The SMILES string of the molecule is NC(=O)N(O)CC#CCN1CCN(C(c2ccc(F)cc2)c2ccc(F)cc2)CC1. The fourth-order valence-corrected chi connectivity index (χ4v) is 3.46. The van der Waals surface area contributed by atoms with E-state index in [1.165, 1.54) is 24.3 Å². The summed E-state index contributed by atoms with van der Waals surface area (Å²) in [5.74, 6) is 5.05. The lowest BCUT2D eigenvalue weighted by Gasteiger charge is -2.39. The van der Waals surface area contributed by atoms with E-state index in [1.54, 1.807) is 24.3 Å². The van der Waals surface area contributed by atoms with E-state index < -0.39 is 6.03 Å². The molecule has 1 aliphatic heterocycles. The Hall–Kier alpha value is -2.99. The van der Waals surface area contributed by atoms with Crippen molar-refractivity contribution in [3.8, 4) is 11.8 Å². The van der Waals surface area contributed by atoms with Gasteiger partial charge in [0.25, 0.3) is 0 Å². The van der Waals surface area contributed by atoms with Gasteiger partial charge in [-0.25, -0.2) is 13.6 Å². The first-order valence-corrected chi connectivity index (χ1v) is 9.63. The van der Waals surface area contributed by atoms with Crippen LogP contribution in [0.4, 0.5) is 13.6 Å². The number of halogens is 2. The molecular formula is C22H24F2N4O2. The van der Waals surface area contributed by atoms with E-state index in [1.807, 2.05) is 0 Å². The van der Waals surface area contributed by atoms with Crippen LogP contribution < -0.4 is 5.73 Å². The molecule has 0 aliphatic carbocycles. The lowest BCUT2D eigenvalue weighted by Crippen LogP contribution is -2.47. The van der Waals surface area contributed by atoms with Gasteiger partial charge in [-0.05, 0) is 35.4 Å². The molecule has 2 amide bonds. The molecule has 158 valence electrons. The molecule has 6 nitrogen and oxygen atoms in total. The molecule has 30 heavy (non-hydrogen) atoms.